The molecule has 0 amide bonds. The van der Waals surface area contributed by atoms with Crippen LogP contribution in [0.2, 0.25) is 0 Å². The summed E-state index contributed by atoms with van der Waals surface area (Å²) in [7, 11) is 3.30. The highest BCUT2D eigenvalue weighted by Gasteiger charge is 2.01. The van der Waals surface area contributed by atoms with Crippen molar-refractivity contribution in [3.8, 4) is 0 Å². The quantitative estimate of drug-likeness (QED) is 0.216. The first-order chi connectivity index (χ1) is 5.24. The van der Waals surface area contributed by atoms with Gasteiger partial charge in [-0.3, -0.25) is 10.4 Å². The third-order valence-electron chi connectivity index (χ3n) is 1.16. The molecule has 0 aromatic heterocycles. The van der Waals surface area contributed by atoms with Crippen molar-refractivity contribution >= 4 is 5.96 Å². The van der Waals surface area contributed by atoms with Crippen LogP contribution in [0.1, 0.15) is 6.92 Å². The number of rotatable bonds is 3. The first kappa shape index (κ1) is 10.2. The second-order valence-electron chi connectivity index (χ2n) is 2.22. The molecule has 0 heterocycles. The Morgan fingerprint density at radius 1 is 1.73 bits per heavy atom. The van der Waals surface area contributed by atoms with Crippen LogP contribution in [0.4, 0.5) is 0 Å². The van der Waals surface area contributed by atoms with Gasteiger partial charge in [0.05, 0.1) is 6.61 Å². The zero-order chi connectivity index (χ0) is 8.69. The van der Waals surface area contributed by atoms with Gasteiger partial charge in [0.1, 0.15) is 0 Å². The second kappa shape index (κ2) is 5.94. The molecule has 0 rings (SSSR count). The number of guanidine groups is 1. The predicted octanol–water partition coefficient (Wildman–Crippen LogP) is -0.940. The molecule has 4 N–H and O–H groups in total. The van der Waals surface area contributed by atoms with E-state index in [0.717, 1.165) is 0 Å². The summed E-state index contributed by atoms with van der Waals surface area (Å²) in [6, 6.07) is 0.203. The number of ether oxygens (including phenoxy) is 1. The summed E-state index contributed by atoms with van der Waals surface area (Å²) in [6.07, 6.45) is 0. The maximum atomic E-state index is 5.14. The third kappa shape index (κ3) is 4.58. The number of aliphatic imine (C=N–C) groups is 1. The Hall–Kier alpha value is -0.810. The van der Waals surface area contributed by atoms with E-state index in [4.69, 9.17) is 10.6 Å². The van der Waals surface area contributed by atoms with Crippen molar-refractivity contribution in [3.05, 3.63) is 0 Å². The fraction of sp³-hybridized carbons (Fsp3) is 0.833. The van der Waals surface area contributed by atoms with Gasteiger partial charge < -0.3 is 10.1 Å². The zero-order valence-corrected chi connectivity index (χ0v) is 7.22. The van der Waals surface area contributed by atoms with Crippen LogP contribution in [0.5, 0.6) is 0 Å². The monoisotopic (exact) mass is 160 g/mol. The molecule has 0 saturated heterocycles. The number of nitrogens with one attached hydrogen (secondary N) is 2. The normalized spacial score (nSPS) is 14.4. The lowest BCUT2D eigenvalue weighted by Gasteiger charge is -2.14. The van der Waals surface area contributed by atoms with Crippen LogP contribution in [0.3, 0.4) is 0 Å². The number of methoxy groups -OCH3 is 1. The Kier molecular flexibility index (Phi) is 5.50. The third-order valence-corrected chi connectivity index (χ3v) is 1.16. The molecule has 0 aromatic rings. The fourth-order valence-corrected chi connectivity index (χ4v) is 0.696. The Morgan fingerprint density at radius 3 is 2.73 bits per heavy atom. The molecule has 0 aromatic carbocycles. The number of hydrazine groups is 1. The number of hydrogen-bond donors (Lipinski definition) is 3. The minimum atomic E-state index is 0.203. The van der Waals surface area contributed by atoms with Crippen LogP contribution >= 0.6 is 0 Å². The summed E-state index contributed by atoms with van der Waals surface area (Å²) in [4.78, 5) is 3.84. The highest BCUT2D eigenvalue weighted by Crippen LogP contribution is 1.80. The van der Waals surface area contributed by atoms with E-state index in [2.05, 4.69) is 15.7 Å². The molecule has 1 unspecified atom stereocenters. The maximum Gasteiger partial charge on any atom is 0.205 e. The van der Waals surface area contributed by atoms with Gasteiger partial charge in [-0.1, -0.05) is 0 Å². The van der Waals surface area contributed by atoms with E-state index in [-0.39, 0.29) is 6.04 Å². The summed E-state index contributed by atoms with van der Waals surface area (Å²) in [5.41, 5.74) is 2.42. The van der Waals surface area contributed by atoms with Crippen molar-refractivity contribution in [2.24, 2.45) is 10.8 Å². The largest absolute Gasteiger partial charge is 0.383 e. The first-order valence-electron chi connectivity index (χ1n) is 3.43. The Morgan fingerprint density at radius 2 is 2.36 bits per heavy atom. The van der Waals surface area contributed by atoms with Crippen LogP contribution in [0, 0.1) is 0 Å². The van der Waals surface area contributed by atoms with Crippen molar-refractivity contribution in [2.75, 3.05) is 20.8 Å². The molecular weight excluding hydrogens is 144 g/mol. The number of nitrogens with two attached hydrogens (primary N) is 1. The Labute approximate surface area is 67.0 Å². The SMILES string of the molecule is CN=C(NN)NC(C)COC. The molecule has 0 spiro atoms. The van der Waals surface area contributed by atoms with Crippen molar-refractivity contribution in [1.29, 1.82) is 0 Å². The van der Waals surface area contributed by atoms with Crippen molar-refractivity contribution in [3.63, 3.8) is 0 Å². The summed E-state index contributed by atoms with van der Waals surface area (Å²) in [6.45, 7) is 2.60. The molecule has 0 fully saturated rings. The van der Waals surface area contributed by atoms with Crippen LogP contribution < -0.4 is 16.6 Å². The molecule has 0 aliphatic heterocycles. The van der Waals surface area contributed by atoms with Crippen LogP contribution in [-0.4, -0.2) is 32.8 Å². The van der Waals surface area contributed by atoms with Gasteiger partial charge in [0.2, 0.25) is 5.96 Å². The van der Waals surface area contributed by atoms with E-state index in [9.17, 15) is 0 Å². The summed E-state index contributed by atoms with van der Waals surface area (Å²) in [5.74, 6) is 5.71. The van der Waals surface area contributed by atoms with Gasteiger partial charge in [0, 0.05) is 20.2 Å². The fourth-order valence-electron chi connectivity index (χ4n) is 0.696. The van der Waals surface area contributed by atoms with Gasteiger partial charge in [-0.25, -0.2) is 5.84 Å². The molecule has 66 valence electrons. The van der Waals surface area contributed by atoms with Gasteiger partial charge in [-0.2, -0.15) is 0 Å². The minimum absolute atomic E-state index is 0.203. The van der Waals surface area contributed by atoms with E-state index in [1.54, 1.807) is 14.2 Å². The van der Waals surface area contributed by atoms with Gasteiger partial charge in [0.25, 0.3) is 0 Å². The summed E-state index contributed by atoms with van der Waals surface area (Å²) in [5, 5.41) is 3.01. The van der Waals surface area contributed by atoms with Crippen LogP contribution in [0.15, 0.2) is 4.99 Å². The molecule has 0 saturated carbocycles. The molecule has 0 aliphatic rings. The molecule has 11 heavy (non-hydrogen) atoms. The van der Waals surface area contributed by atoms with Gasteiger partial charge in [-0.05, 0) is 6.92 Å². The van der Waals surface area contributed by atoms with Crippen LogP contribution in [0.25, 0.3) is 0 Å². The van der Waals surface area contributed by atoms with E-state index >= 15 is 0 Å². The molecule has 1 atom stereocenters. The Bertz CT molecular complexity index is 126. The zero-order valence-electron chi connectivity index (χ0n) is 7.22. The standard InChI is InChI=1S/C6H16N4O/c1-5(4-11-3)9-6(8-2)10-7/h5H,4,7H2,1-3H3,(H2,8,9,10). The highest BCUT2D eigenvalue weighted by molar-refractivity contribution is 5.79. The number of hydrogen-bond acceptors (Lipinski definition) is 3. The lowest BCUT2D eigenvalue weighted by molar-refractivity contribution is 0.179. The lowest BCUT2D eigenvalue weighted by atomic mass is 10.4. The van der Waals surface area contributed by atoms with Crippen molar-refractivity contribution in [1.82, 2.24) is 10.7 Å². The van der Waals surface area contributed by atoms with Gasteiger partial charge in [-0.15, -0.1) is 0 Å². The lowest BCUT2D eigenvalue weighted by Crippen LogP contribution is -2.46. The average Bonchev–Trinajstić information content (AvgIpc) is 2.01. The molecule has 0 radical (unpaired) electrons. The van der Waals surface area contributed by atoms with E-state index < -0.39 is 0 Å². The van der Waals surface area contributed by atoms with Crippen molar-refractivity contribution < 1.29 is 4.74 Å². The van der Waals surface area contributed by atoms with E-state index in [0.29, 0.717) is 12.6 Å². The number of nitrogens with zero attached hydrogens (tertiary/aromatic N) is 1. The van der Waals surface area contributed by atoms with E-state index in [1.165, 1.54) is 0 Å². The predicted molar refractivity (Wildman–Crippen MR) is 45.2 cm³/mol. The van der Waals surface area contributed by atoms with E-state index in [1.807, 2.05) is 6.92 Å². The molecule has 5 heteroatoms. The molecule has 5 nitrogen and oxygen atoms in total. The van der Waals surface area contributed by atoms with Gasteiger partial charge in [0.15, 0.2) is 0 Å². The molecule has 0 bridgehead atoms. The van der Waals surface area contributed by atoms with Crippen LogP contribution in [-0.2, 0) is 4.74 Å². The summed E-state index contributed by atoms with van der Waals surface area (Å²) >= 11 is 0. The maximum absolute atomic E-state index is 5.14. The Balaban J connectivity index is 3.63. The highest BCUT2D eigenvalue weighted by atomic mass is 16.5. The minimum Gasteiger partial charge on any atom is -0.383 e. The average molecular weight is 160 g/mol. The second-order valence-corrected chi connectivity index (χ2v) is 2.22. The smallest absolute Gasteiger partial charge is 0.205 e. The molecule has 0 aliphatic carbocycles. The first-order valence-corrected chi connectivity index (χ1v) is 3.43. The summed E-state index contributed by atoms with van der Waals surface area (Å²) < 4.78 is 4.91. The van der Waals surface area contributed by atoms with Crippen molar-refractivity contribution in [2.45, 2.75) is 13.0 Å². The topological polar surface area (TPSA) is 71.7 Å². The molecular formula is C6H16N4O. The van der Waals surface area contributed by atoms with Gasteiger partial charge >= 0.3 is 0 Å².